The summed E-state index contributed by atoms with van der Waals surface area (Å²) in [5.74, 6) is 1.39. The lowest BCUT2D eigenvalue weighted by molar-refractivity contribution is 0.0371. The smallest absolute Gasteiger partial charge is 0.415 e. The molecular formula is C24H35N5O4. The summed E-state index contributed by atoms with van der Waals surface area (Å²) in [7, 11) is 0. The van der Waals surface area contributed by atoms with E-state index in [0.717, 1.165) is 17.1 Å². The maximum Gasteiger partial charge on any atom is 0.415 e. The second kappa shape index (κ2) is 9.80. The van der Waals surface area contributed by atoms with Crippen LogP contribution < -0.4 is 5.32 Å². The molecule has 0 aromatic heterocycles. The lowest BCUT2D eigenvalue weighted by Crippen LogP contribution is -2.41. The monoisotopic (exact) mass is 457 g/mol. The summed E-state index contributed by atoms with van der Waals surface area (Å²) in [6.07, 6.45) is -0.176. The van der Waals surface area contributed by atoms with E-state index < -0.39 is 11.2 Å². The number of rotatable bonds is 5. The molecule has 0 saturated carbocycles. The summed E-state index contributed by atoms with van der Waals surface area (Å²) >= 11 is 0. The van der Waals surface area contributed by atoms with E-state index in [1.165, 1.54) is 0 Å². The van der Waals surface area contributed by atoms with Crippen molar-refractivity contribution in [2.75, 3.05) is 38.0 Å². The predicted molar refractivity (Wildman–Crippen MR) is 129 cm³/mol. The number of aliphatic imine (C=N–C) groups is 2. The van der Waals surface area contributed by atoms with Gasteiger partial charge in [0.15, 0.2) is 0 Å². The molecule has 2 amide bonds. The quantitative estimate of drug-likeness (QED) is 0.723. The highest BCUT2D eigenvalue weighted by Crippen LogP contribution is 2.17. The van der Waals surface area contributed by atoms with Gasteiger partial charge in [0, 0.05) is 12.1 Å². The molecule has 180 valence electrons. The molecule has 1 N–H and O–H groups in total. The molecule has 0 unspecified atom stereocenters. The van der Waals surface area contributed by atoms with Crippen LogP contribution in [-0.2, 0) is 15.9 Å². The number of nitrogens with zero attached hydrogens (tertiary/aromatic N) is 4. The molecule has 1 aromatic rings. The number of nitrogens with one attached hydrogen (secondary N) is 1. The Morgan fingerprint density at radius 2 is 1.33 bits per heavy atom. The molecule has 9 nitrogen and oxygen atoms in total. The topological polar surface area (TPSA) is 95.8 Å². The Kier molecular flexibility index (Phi) is 7.29. The zero-order valence-corrected chi connectivity index (χ0v) is 20.5. The second-order valence-electron chi connectivity index (χ2n) is 10.1. The van der Waals surface area contributed by atoms with Crippen LogP contribution in [0.3, 0.4) is 0 Å². The number of hydrogen-bond acceptors (Lipinski definition) is 7. The second-order valence-corrected chi connectivity index (χ2v) is 10.1. The van der Waals surface area contributed by atoms with E-state index >= 15 is 0 Å². The van der Waals surface area contributed by atoms with Crippen molar-refractivity contribution in [3.05, 3.63) is 29.8 Å². The average molecular weight is 458 g/mol. The maximum atomic E-state index is 12.4. The standard InChI is InChI=1S/C24H35N5O4/c1-23(2,3)32-21(30)28-13-11-25-19(28)15-17-7-9-18(10-8-17)27-16-20-26-12-14-29(20)22(31)33-24(4,5)6/h7-10,27H,11-16H2,1-6H3. The van der Waals surface area contributed by atoms with Crippen LogP contribution in [0.2, 0.25) is 0 Å². The number of ether oxygens (including phenoxy) is 2. The first kappa shape index (κ1) is 24.5. The Hall–Kier alpha value is -3.10. The van der Waals surface area contributed by atoms with Crippen molar-refractivity contribution in [1.82, 2.24) is 9.80 Å². The highest BCUT2D eigenvalue weighted by atomic mass is 16.6. The van der Waals surface area contributed by atoms with Crippen LogP contribution in [0.5, 0.6) is 0 Å². The van der Waals surface area contributed by atoms with Crippen LogP contribution in [-0.4, -0.2) is 77.6 Å². The lowest BCUT2D eigenvalue weighted by Gasteiger charge is -2.25. The largest absolute Gasteiger partial charge is 0.443 e. The van der Waals surface area contributed by atoms with Crippen LogP contribution in [0.4, 0.5) is 15.3 Å². The molecule has 0 radical (unpaired) electrons. The predicted octanol–water partition coefficient (Wildman–Crippen LogP) is 3.94. The third-order valence-corrected chi connectivity index (χ3v) is 4.85. The van der Waals surface area contributed by atoms with Gasteiger partial charge in [-0.05, 0) is 59.2 Å². The highest BCUT2D eigenvalue weighted by molar-refractivity contribution is 5.99. The van der Waals surface area contributed by atoms with Crippen molar-refractivity contribution in [1.29, 1.82) is 0 Å². The lowest BCUT2D eigenvalue weighted by atomic mass is 10.1. The van der Waals surface area contributed by atoms with Gasteiger partial charge in [0.25, 0.3) is 0 Å². The number of amidine groups is 2. The molecule has 0 saturated heterocycles. The van der Waals surface area contributed by atoms with E-state index in [1.807, 2.05) is 65.8 Å². The minimum absolute atomic E-state index is 0.357. The summed E-state index contributed by atoms with van der Waals surface area (Å²) in [6.45, 7) is 13.8. The van der Waals surface area contributed by atoms with Gasteiger partial charge in [-0.3, -0.25) is 19.8 Å². The molecule has 0 spiro atoms. The van der Waals surface area contributed by atoms with E-state index in [4.69, 9.17) is 9.47 Å². The Bertz CT molecular complexity index is 926. The first-order valence-electron chi connectivity index (χ1n) is 11.3. The average Bonchev–Trinajstić information content (AvgIpc) is 3.34. The van der Waals surface area contributed by atoms with Crippen molar-refractivity contribution in [2.45, 2.75) is 59.2 Å². The molecule has 33 heavy (non-hydrogen) atoms. The Morgan fingerprint density at radius 3 is 1.85 bits per heavy atom. The summed E-state index contributed by atoms with van der Waals surface area (Å²) in [5, 5.41) is 3.31. The van der Waals surface area contributed by atoms with Gasteiger partial charge in [0.1, 0.15) is 22.9 Å². The molecule has 9 heteroatoms. The fourth-order valence-electron chi connectivity index (χ4n) is 3.42. The number of amides is 2. The number of anilines is 1. The van der Waals surface area contributed by atoms with E-state index in [0.29, 0.717) is 45.0 Å². The third-order valence-electron chi connectivity index (χ3n) is 4.85. The first-order chi connectivity index (χ1) is 15.4. The maximum absolute atomic E-state index is 12.4. The Labute approximate surface area is 195 Å². The van der Waals surface area contributed by atoms with Crippen LogP contribution in [0.25, 0.3) is 0 Å². The number of carbonyl (C=O) groups excluding carboxylic acids is 2. The van der Waals surface area contributed by atoms with Crippen molar-refractivity contribution >= 4 is 29.5 Å². The molecule has 2 aliphatic heterocycles. The molecule has 0 fully saturated rings. The van der Waals surface area contributed by atoms with Crippen molar-refractivity contribution in [2.24, 2.45) is 9.98 Å². The molecule has 0 atom stereocenters. The van der Waals surface area contributed by atoms with Crippen LogP contribution in [0.15, 0.2) is 34.3 Å². The molecule has 2 heterocycles. The summed E-state index contributed by atoms with van der Waals surface area (Å²) in [5.41, 5.74) is 0.871. The summed E-state index contributed by atoms with van der Waals surface area (Å²) in [4.78, 5) is 36.9. The molecule has 0 aliphatic carbocycles. The van der Waals surface area contributed by atoms with Gasteiger partial charge in [-0.2, -0.15) is 0 Å². The minimum Gasteiger partial charge on any atom is -0.443 e. The molecule has 1 aromatic carbocycles. The van der Waals surface area contributed by atoms with Crippen molar-refractivity contribution in [3.8, 4) is 0 Å². The first-order valence-corrected chi connectivity index (χ1v) is 11.3. The molecular weight excluding hydrogens is 422 g/mol. The van der Waals surface area contributed by atoms with Gasteiger partial charge in [-0.15, -0.1) is 0 Å². The van der Waals surface area contributed by atoms with E-state index in [2.05, 4.69) is 15.3 Å². The molecule has 0 bridgehead atoms. The van der Waals surface area contributed by atoms with Gasteiger partial charge >= 0.3 is 12.2 Å². The van der Waals surface area contributed by atoms with Gasteiger partial charge in [0.2, 0.25) is 0 Å². The zero-order chi connectivity index (χ0) is 24.2. The van der Waals surface area contributed by atoms with Gasteiger partial charge in [-0.25, -0.2) is 9.59 Å². The SMILES string of the molecule is CC(C)(C)OC(=O)N1CCN=C1CNc1ccc(CC2=NCCN2C(=O)OC(C)(C)C)cc1. The number of carbonyl (C=O) groups is 2. The normalized spacial score (nSPS) is 16.4. The summed E-state index contributed by atoms with van der Waals surface area (Å²) < 4.78 is 11.0. The minimum atomic E-state index is -0.545. The fourth-order valence-corrected chi connectivity index (χ4v) is 3.42. The summed E-state index contributed by atoms with van der Waals surface area (Å²) in [6, 6.07) is 7.93. The zero-order valence-electron chi connectivity index (χ0n) is 20.5. The third kappa shape index (κ3) is 7.20. The number of hydrogen-bond donors (Lipinski definition) is 1. The van der Waals surface area contributed by atoms with Crippen LogP contribution in [0.1, 0.15) is 47.1 Å². The fraction of sp³-hybridized carbons (Fsp3) is 0.583. The van der Waals surface area contributed by atoms with Gasteiger partial charge in [-0.1, -0.05) is 12.1 Å². The van der Waals surface area contributed by atoms with E-state index in [9.17, 15) is 9.59 Å². The molecule has 2 aliphatic rings. The Balaban J connectivity index is 1.53. The van der Waals surface area contributed by atoms with Gasteiger partial charge < -0.3 is 14.8 Å². The molecule has 3 rings (SSSR count). The highest BCUT2D eigenvalue weighted by Gasteiger charge is 2.29. The van der Waals surface area contributed by atoms with Crippen LogP contribution in [0, 0.1) is 0 Å². The van der Waals surface area contributed by atoms with Crippen molar-refractivity contribution in [3.63, 3.8) is 0 Å². The Morgan fingerprint density at radius 1 is 0.848 bits per heavy atom. The number of benzene rings is 1. The van der Waals surface area contributed by atoms with E-state index in [-0.39, 0.29) is 12.2 Å². The van der Waals surface area contributed by atoms with Gasteiger partial charge in [0.05, 0.1) is 32.7 Å². The van der Waals surface area contributed by atoms with Crippen molar-refractivity contribution < 1.29 is 19.1 Å². The van der Waals surface area contributed by atoms with E-state index in [1.54, 1.807) is 9.80 Å². The van der Waals surface area contributed by atoms with Crippen LogP contribution >= 0.6 is 0 Å².